The van der Waals surface area contributed by atoms with Gasteiger partial charge in [0.2, 0.25) is 0 Å². The van der Waals surface area contributed by atoms with Crippen LogP contribution in [0.2, 0.25) is 0 Å². The Balaban J connectivity index is 2.05. The zero-order valence-electron chi connectivity index (χ0n) is 13.5. The second-order valence-corrected chi connectivity index (χ2v) is 5.84. The summed E-state index contributed by atoms with van der Waals surface area (Å²) < 4.78 is 14.7. The Hall–Kier alpha value is -2.25. The summed E-state index contributed by atoms with van der Waals surface area (Å²) in [6.07, 6.45) is 3.24. The van der Waals surface area contributed by atoms with E-state index in [0.717, 1.165) is 38.3 Å². The molecule has 1 aliphatic rings. The van der Waals surface area contributed by atoms with E-state index in [1.54, 1.807) is 22.9 Å². The number of nitrogens with two attached hydrogens (primary N) is 1. The maximum absolute atomic E-state index is 13.2. The molecule has 1 fully saturated rings. The van der Waals surface area contributed by atoms with Gasteiger partial charge in [0.1, 0.15) is 5.82 Å². The molecular formula is C17H22FN5O. The standard InChI is InChI=1S/C17H22FN5O/c18-13-3-5-15(6-4-13)23-12-14(2-1-7-19)21-16(17(23)24)22-10-8-20-9-11-22/h3-6,12,20H,1-2,7-11,19H2. The first-order chi connectivity index (χ1) is 11.7. The molecular weight excluding hydrogens is 309 g/mol. The van der Waals surface area contributed by atoms with Crippen LogP contribution >= 0.6 is 0 Å². The van der Waals surface area contributed by atoms with Crippen molar-refractivity contribution < 1.29 is 4.39 Å². The molecule has 1 aromatic carbocycles. The molecule has 0 bridgehead atoms. The summed E-state index contributed by atoms with van der Waals surface area (Å²) in [6, 6.07) is 5.91. The van der Waals surface area contributed by atoms with Gasteiger partial charge in [0.05, 0.1) is 5.69 Å². The average molecular weight is 331 g/mol. The molecule has 2 aromatic rings. The first-order valence-corrected chi connectivity index (χ1v) is 8.23. The number of hydrogen-bond donors (Lipinski definition) is 2. The number of halogens is 1. The van der Waals surface area contributed by atoms with Crippen molar-refractivity contribution in [3.63, 3.8) is 0 Å². The van der Waals surface area contributed by atoms with E-state index in [1.165, 1.54) is 12.1 Å². The van der Waals surface area contributed by atoms with Gasteiger partial charge in [-0.3, -0.25) is 9.36 Å². The predicted octanol–water partition coefficient (Wildman–Crippen LogP) is 0.672. The van der Waals surface area contributed by atoms with E-state index in [0.29, 0.717) is 24.5 Å². The normalized spacial score (nSPS) is 14.8. The van der Waals surface area contributed by atoms with Crippen molar-refractivity contribution in [2.24, 2.45) is 5.73 Å². The van der Waals surface area contributed by atoms with Crippen LogP contribution in [-0.4, -0.2) is 42.3 Å². The van der Waals surface area contributed by atoms with Crippen molar-refractivity contribution in [3.05, 3.63) is 52.3 Å². The zero-order valence-corrected chi connectivity index (χ0v) is 13.5. The lowest BCUT2D eigenvalue weighted by Gasteiger charge is -2.28. The van der Waals surface area contributed by atoms with Crippen LogP contribution in [0.25, 0.3) is 5.69 Å². The minimum atomic E-state index is -0.327. The third-order valence-corrected chi connectivity index (χ3v) is 4.10. The summed E-state index contributed by atoms with van der Waals surface area (Å²) in [7, 11) is 0. The highest BCUT2D eigenvalue weighted by Crippen LogP contribution is 2.13. The van der Waals surface area contributed by atoms with Crippen LogP contribution in [-0.2, 0) is 6.42 Å². The number of aromatic nitrogens is 2. The van der Waals surface area contributed by atoms with E-state index in [-0.39, 0.29) is 11.4 Å². The molecule has 1 aromatic heterocycles. The Bertz CT molecular complexity index is 738. The van der Waals surface area contributed by atoms with Gasteiger partial charge < -0.3 is 16.0 Å². The molecule has 3 rings (SSSR count). The summed E-state index contributed by atoms with van der Waals surface area (Å²) in [5.41, 5.74) is 6.87. The van der Waals surface area contributed by atoms with Gasteiger partial charge in [-0.05, 0) is 43.7 Å². The molecule has 7 heteroatoms. The smallest absolute Gasteiger partial charge is 0.298 e. The van der Waals surface area contributed by atoms with Crippen molar-refractivity contribution in [3.8, 4) is 5.69 Å². The highest BCUT2D eigenvalue weighted by Gasteiger charge is 2.18. The third-order valence-electron chi connectivity index (χ3n) is 4.10. The van der Waals surface area contributed by atoms with Crippen LogP contribution in [0, 0.1) is 5.82 Å². The molecule has 0 atom stereocenters. The summed E-state index contributed by atoms with van der Waals surface area (Å²) in [5.74, 6) is 0.127. The number of rotatable bonds is 5. The second-order valence-electron chi connectivity index (χ2n) is 5.84. The van der Waals surface area contributed by atoms with Gasteiger partial charge in [0.25, 0.3) is 5.56 Å². The number of hydrogen-bond acceptors (Lipinski definition) is 5. The minimum Gasteiger partial charge on any atom is -0.349 e. The Labute approximate surface area is 140 Å². The molecule has 6 nitrogen and oxygen atoms in total. The van der Waals surface area contributed by atoms with Crippen LogP contribution < -0.4 is 21.5 Å². The van der Waals surface area contributed by atoms with Crippen LogP contribution in [0.5, 0.6) is 0 Å². The van der Waals surface area contributed by atoms with Gasteiger partial charge in [-0.2, -0.15) is 0 Å². The highest BCUT2D eigenvalue weighted by atomic mass is 19.1. The minimum absolute atomic E-state index is 0.181. The molecule has 24 heavy (non-hydrogen) atoms. The van der Waals surface area contributed by atoms with Crippen molar-refractivity contribution in [1.82, 2.24) is 14.9 Å². The van der Waals surface area contributed by atoms with Crippen molar-refractivity contribution in [2.75, 3.05) is 37.6 Å². The summed E-state index contributed by atoms with van der Waals surface area (Å²) in [6.45, 7) is 3.70. The van der Waals surface area contributed by atoms with E-state index in [1.807, 2.05) is 4.90 Å². The Morgan fingerprint density at radius 3 is 2.58 bits per heavy atom. The van der Waals surface area contributed by atoms with E-state index >= 15 is 0 Å². The molecule has 1 aliphatic heterocycles. The lowest BCUT2D eigenvalue weighted by molar-refractivity contribution is 0.580. The molecule has 2 heterocycles. The first-order valence-electron chi connectivity index (χ1n) is 8.23. The van der Waals surface area contributed by atoms with Gasteiger partial charge in [0, 0.05) is 38.1 Å². The van der Waals surface area contributed by atoms with E-state index < -0.39 is 0 Å². The molecule has 0 aliphatic carbocycles. The maximum atomic E-state index is 13.2. The van der Waals surface area contributed by atoms with Gasteiger partial charge in [-0.15, -0.1) is 0 Å². The van der Waals surface area contributed by atoms with Gasteiger partial charge in [0.15, 0.2) is 5.82 Å². The first kappa shape index (κ1) is 16.6. The zero-order chi connectivity index (χ0) is 16.9. The number of anilines is 1. The molecule has 0 unspecified atom stereocenters. The molecule has 0 radical (unpaired) electrons. The average Bonchev–Trinajstić information content (AvgIpc) is 2.62. The van der Waals surface area contributed by atoms with Crippen LogP contribution in [0.1, 0.15) is 12.1 Å². The highest BCUT2D eigenvalue weighted by molar-refractivity contribution is 5.42. The summed E-state index contributed by atoms with van der Waals surface area (Å²) >= 11 is 0. The largest absolute Gasteiger partial charge is 0.349 e. The number of nitrogens with one attached hydrogen (secondary N) is 1. The molecule has 128 valence electrons. The van der Waals surface area contributed by atoms with E-state index in [2.05, 4.69) is 10.3 Å². The number of piperazine rings is 1. The number of benzene rings is 1. The number of aryl methyl sites for hydroxylation is 1. The summed E-state index contributed by atoms with van der Waals surface area (Å²) in [4.78, 5) is 19.5. The SMILES string of the molecule is NCCCc1cn(-c2ccc(F)cc2)c(=O)c(N2CCNCC2)n1. The predicted molar refractivity (Wildman–Crippen MR) is 92.3 cm³/mol. The fourth-order valence-corrected chi connectivity index (χ4v) is 2.81. The molecule has 0 saturated carbocycles. The van der Waals surface area contributed by atoms with Gasteiger partial charge in [-0.25, -0.2) is 9.37 Å². The van der Waals surface area contributed by atoms with E-state index in [4.69, 9.17) is 5.73 Å². The fraction of sp³-hybridized carbons (Fsp3) is 0.412. The quantitative estimate of drug-likeness (QED) is 0.842. The van der Waals surface area contributed by atoms with E-state index in [9.17, 15) is 9.18 Å². The third kappa shape index (κ3) is 3.63. The van der Waals surface area contributed by atoms with Crippen LogP contribution in [0.15, 0.2) is 35.3 Å². The molecule has 0 amide bonds. The lowest BCUT2D eigenvalue weighted by Crippen LogP contribution is -2.46. The van der Waals surface area contributed by atoms with Gasteiger partial charge >= 0.3 is 0 Å². The molecule has 0 spiro atoms. The van der Waals surface area contributed by atoms with Crippen molar-refractivity contribution >= 4 is 5.82 Å². The lowest BCUT2D eigenvalue weighted by atomic mass is 10.2. The Morgan fingerprint density at radius 2 is 1.92 bits per heavy atom. The van der Waals surface area contributed by atoms with Crippen LogP contribution in [0.4, 0.5) is 10.2 Å². The topological polar surface area (TPSA) is 76.2 Å². The maximum Gasteiger partial charge on any atom is 0.298 e. The van der Waals surface area contributed by atoms with Crippen molar-refractivity contribution in [2.45, 2.75) is 12.8 Å². The molecule has 3 N–H and O–H groups in total. The molecule has 1 saturated heterocycles. The number of nitrogens with zero attached hydrogens (tertiary/aromatic N) is 3. The second kappa shape index (κ2) is 7.55. The monoisotopic (exact) mass is 331 g/mol. The van der Waals surface area contributed by atoms with Gasteiger partial charge in [-0.1, -0.05) is 0 Å². The fourth-order valence-electron chi connectivity index (χ4n) is 2.81. The van der Waals surface area contributed by atoms with Crippen molar-refractivity contribution in [1.29, 1.82) is 0 Å². The Morgan fingerprint density at radius 1 is 1.21 bits per heavy atom. The Kier molecular flexibility index (Phi) is 5.22. The van der Waals surface area contributed by atoms with Crippen LogP contribution in [0.3, 0.4) is 0 Å². The summed E-state index contributed by atoms with van der Waals surface area (Å²) in [5, 5.41) is 3.27.